The molecule has 100 valence electrons. The summed E-state index contributed by atoms with van der Waals surface area (Å²) < 4.78 is 0. The van der Waals surface area contributed by atoms with Gasteiger partial charge in [0.15, 0.2) is 10.8 Å². The van der Waals surface area contributed by atoms with Gasteiger partial charge < -0.3 is 10.4 Å². The second-order valence-corrected chi connectivity index (χ2v) is 5.88. The van der Waals surface area contributed by atoms with E-state index in [0.717, 1.165) is 17.6 Å². The number of nitrogens with one attached hydrogen (secondary N) is 1. The number of rotatable bonds is 5. The van der Waals surface area contributed by atoms with Gasteiger partial charge in [0.05, 0.1) is 0 Å². The van der Waals surface area contributed by atoms with E-state index >= 15 is 0 Å². The first-order valence-corrected chi connectivity index (χ1v) is 7.49. The van der Waals surface area contributed by atoms with E-state index in [1.54, 1.807) is 5.38 Å². The highest BCUT2D eigenvalue weighted by molar-refractivity contribution is 7.13. The molecule has 0 aliphatic heterocycles. The molecule has 0 amide bonds. The minimum absolute atomic E-state index is 0.136. The van der Waals surface area contributed by atoms with Crippen molar-refractivity contribution in [3.05, 3.63) is 11.1 Å². The van der Waals surface area contributed by atoms with E-state index in [9.17, 15) is 4.79 Å². The number of carboxylic acids is 1. The van der Waals surface area contributed by atoms with Crippen LogP contribution in [0.15, 0.2) is 5.38 Å². The second-order valence-electron chi connectivity index (χ2n) is 5.02. The Labute approximate surface area is 111 Å². The zero-order chi connectivity index (χ0) is 13.0. The van der Waals surface area contributed by atoms with Crippen molar-refractivity contribution >= 4 is 22.4 Å². The van der Waals surface area contributed by atoms with Gasteiger partial charge in [-0.1, -0.05) is 26.2 Å². The Bertz CT molecular complexity index is 397. The van der Waals surface area contributed by atoms with Crippen molar-refractivity contribution in [1.82, 2.24) is 4.98 Å². The van der Waals surface area contributed by atoms with Crippen LogP contribution in [-0.2, 0) is 0 Å². The number of hydrogen-bond donors (Lipinski definition) is 2. The first kappa shape index (κ1) is 13.3. The number of aromatic nitrogens is 1. The molecule has 5 heteroatoms. The van der Waals surface area contributed by atoms with E-state index in [-0.39, 0.29) is 5.69 Å². The fourth-order valence-electron chi connectivity index (χ4n) is 2.53. The summed E-state index contributed by atoms with van der Waals surface area (Å²) in [5.41, 5.74) is 0.136. The Morgan fingerprint density at radius 2 is 2.11 bits per heavy atom. The molecule has 1 fully saturated rings. The van der Waals surface area contributed by atoms with E-state index in [4.69, 9.17) is 5.11 Å². The summed E-state index contributed by atoms with van der Waals surface area (Å²) >= 11 is 1.37. The molecule has 1 heterocycles. The molecule has 2 N–H and O–H groups in total. The summed E-state index contributed by atoms with van der Waals surface area (Å²) in [6.45, 7) is 3.19. The number of thiazole rings is 1. The maximum Gasteiger partial charge on any atom is 0.355 e. The summed E-state index contributed by atoms with van der Waals surface area (Å²) in [6, 6.07) is 0. The zero-order valence-corrected chi connectivity index (χ0v) is 11.5. The lowest BCUT2D eigenvalue weighted by Crippen LogP contribution is -2.21. The monoisotopic (exact) mass is 268 g/mol. The highest BCUT2D eigenvalue weighted by Gasteiger charge is 2.20. The quantitative estimate of drug-likeness (QED) is 0.858. The smallest absolute Gasteiger partial charge is 0.355 e. The van der Waals surface area contributed by atoms with Gasteiger partial charge in [0.2, 0.25) is 0 Å². The number of anilines is 1. The van der Waals surface area contributed by atoms with Crippen LogP contribution in [0.2, 0.25) is 0 Å². The predicted molar refractivity (Wildman–Crippen MR) is 73.3 cm³/mol. The SMILES string of the molecule is CCC1CCC(CNc2nc(C(=O)O)cs2)CC1. The molecule has 1 aliphatic rings. The Morgan fingerprint density at radius 3 is 2.67 bits per heavy atom. The molecule has 0 unspecified atom stereocenters. The Morgan fingerprint density at radius 1 is 1.44 bits per heavy atom. The van der Waals surface area contributed by atoms with Crippen molar-refractivity contribution in [2.24, 2.45) is 11.8 Å². The van der Waals surface area contributed by atoms with Crippen molar-refractivity contribution in [3.8, 4) is 0 Å². The lowest BCUT2D eigenvalue weighted by molar-refractivity contribution is 0.0691. The lowest BCUT2D eigenvalue weighted by Gasteiger charge is -2.27. The number of carboxylic acid groups (broad SMARTS) is 1. The molecule has 0 spiro atoms. The molecule has 0 radical (unpaired) electrons. The minimum Gasteiger partial charge on any atom is -0.476 e. The molecule has 2 rings (SSSR count). The van der Waals surface area contributed by atoms with E-state index in [1.807, 2.05) is 0 Å². The van der Waals surface area contributed by atoms with Gasteiger partial charge in [-0.3, -0.25) is 0 Å². The topological polar surface area (TPSA) is 62.2 Å². The summed E-state index contributed by atoms with van der Waals surface area (Å²) in [5.74, 6) is 0.674. The molecule has 0 atom stereocenters. The molecule has 1 saturated carbocycles. The summed E-state index contributed by atoms with van der Waals surface area (Å²) in [5, 5.41) is 14.4. The maximum absolute atomic E-state index is 10.7. The van der Waals surface area contributed by atoms with Crippen LogP contribution in [0.25, 0.3) is 0 Å². The third kappa shape index (κ3) is 3.45. The lowest BCUT2D eigenvalue weighted by atomic mass is 9.81. The highest BCUT2D eigenvalue weighted by atomic mass is 32.1. The van der Waals surface area contributed by atoms with Crippen molar-refractivity contribution in [3.63, 3.8) is 0 Å². The molecule has 4 nitrogen and oxygen atoms in total. The Kier molecular flexibility index (Phi) is 4.58. The molecule has 0 bridgehead atoms. The number of carbonyl (C=O) groups is 1. The van der Waals surface area contributed by atoms with Gasteiger partial charge in [-0.15, -0.1) is 11.3 Å². The number of hydrogen-bond acceptors (Lipinski definition) is 4. The highest BCUT2D eigenvalue weighted by Crippen LogP contribution is 2.30. The van der Waals surface area contributed by atoms with Crippen LogP contribution in [0.4, 0.5) is 5.13 Å². The summed E-state index contributed by atoms with van der Waals surface area (Å²) in [6.07, 6.45) is 6.53. The normalized spacial score (nSPS) is 23.8. The molecule has 1 aromatic heterocycles. The van der Waals surface area contributed by atoms with Crippen molar-refractivity contribution in [2.45, 2.75) is 39.0 Å². The van der Waals surface area contributed by atoms with Gasteiger partial charge in [-0.05, 0) is 24.7 Å². The van der Waals surface area contributed by atoms with Crippen LogP contribution >= 0.6 is 11.3 Å². The van der Waals surface area contributed by atoms with E-state index < -0.39 is 5.97 Å². The molecular formula is C13H20N2O2S. The van der Waals surface area contributed by atoms with Gasteiger partial charge in [-0.2, -0.15) is 0 Å². The Hall–Kier alpha value is -1.10. The molecule has 18 heavy (non-hydrogen) atoms. The van der Waals surface area contributed by atoms with Crippen LogP contribution in [0.3, 0.4) is 0 Å². The summed E-state index contributed by atoms with van der Waals surface area (Å²) in [7, 11) is 0. The van der Waals surface area contributed by atoms with Crippen LogP contribution in [-0.4, -0.2) is 22.6 Å². The van der Waals surface area contributed by atoms with E-state index in [0.29, 0.717) is 5.92 Å². The Balaban J connectivity index is 1.76. The maximum atomic E-state index is 10.7. The third-order valence-electron chi connectivity index (χ3n) is 3.81. The standard InChI is InChI=1S/C13H20N2O2S/c1-2-9-3-5-10(6-4-9)7-14-13-15-11(8-18-13)12(16)17/h8-10H,2-7H2,1H3,(H,14,15)(H,16,17). The van der Waals surface area contributed by atoms with Crippen LogP contribution in [0.1, 0.15) is 49.5 Å². The van der Waals surface area contributed by atoms with E-state index in [2.05, 4.69) is 17.2 Å². The minimum atomic E-state index is -0.956. The fraction of sp³-hybridized carbons (Fsp3) is 0.692. The summed E-state index contributed by atoms with van der Waals surface area (Å²) in [4.78, 5) is 14.7. The molecule has 1 aliphatic carbocycles. The third-order valence-corrected chi connectivity index (χ3v) is 4.61. The average Bonchev–Trinajstić information content (AvgIpc) is 2.86. The number of nitrogens with zero attached hydrogens (tertiary/aromatic N) is 1. The van der Waals surface area contributed by atoms with Gasteiger partial charge in [0, 0.05) is 11.9 Å². The van der Waals surface area contributed by atoms with Crippen molar-refractivity contribution < 1.29 is 9.90 Å². The van der Waals surface area contributed by atoms with E-state index in [1.165, 1.54) is 43.4 Å². The van der Waals surface area contributed by atoms with Crippen molar-refractivity contribution in [2.75, 3.05) is 11.9 Å². The molecule has 0 saturated heterocycles. The van der Waals surface area contributed by atoms with Crippen molar-refractivity contribution in [1.29, 1.82) is 0 Å². The van der Waals surface area contributed by atoms with Gasteiger partial charge >= 0.3 is 5.97 Å². The van der Waals surface area contributed by atoms with Gasteiger partial charge in [0.1, 0.15) is 0 Å². The molecule has 0 aromatic carbocycles. The largest absolute Gasteiger partial charge is 0.476 e. The van der Waals surface area contributed by atoms with Crippen LogP contribution in [0.5, 0.6) is 0 Å². The van der Waals surface area contributed by atoms with Gasteiger partial charge in [-0.25, -0.2) is 9.78 Å². The van der Waals surface area contributed by atoms with Crippen LogP contribution < -0.4 is 5.32 Å². The molecule has 1 aromatic rings. The average molecular weight is 268 g/mol. The number of aromatic carboxylic acids is 1. The first-order chi connectivity index (χ1) is 8.69. The fourth-order valence-corrected chi connectivity index (χ4v) is 3.22. The second kappa shape index (κ2) is 6.18. The zero-order valence-electron chi connectivity index (χ0n) is 10.7. The first-order valence-electron chi connectivity index (χ1n) is 6.61. The predicted octanol–water partition coefficient (Wildman–Crippen LogP) is 3.47. The molecular weight excluding hydrogens is 248 g/mol. The van der Waals surface area contributed by atoms with Gasteiger partial charge in [0.25, 0.3) is 0 Å². The van der Waals surface area contributed by atoms with Crippen LogP contribution in [0, 0.1) is 11.8 Å².